The number of carbonyl (C=O) groups is 1. The normalized spacial score (nSPS) is 18.8. The van der Waals surface area contributed by atoms with Crippen molar-refractivity contribution in [2.24, 2.45) is 0 Å². The number of nitro groups is 1. The van der Waals surface area contributed by atoms with Crippen molar-refractivity contribution in [1.82, 2.24) is 15.2 Å². The Hall–Kier alpha value is -1.89. The Labute approximate surface area is 104 Å². The summed E-state index contributed by atoms with van der Waals surface area (Å²) in [5.41, 5.74) is 0.160. The van der Waals surface area contributed by atoms with Gasteiger partial charge in [0.05, 0.1) is 11.1 Å². The maximum atomic E-state index is 12.0. The van der Waals surface area contributed by atoms with Crippen LogP contribution in [0, 0.1) is 10.1 Å². The number of aromatic amines is 1. The van der Waals surface area contributed by atoms with Gasteiger partial charge in [0, 0.05) is 25.7 Å². The van der Waals surface area contributed by atoms with E-state index in [2.05, 4.69) is 10.3 Å². The van der Waals surface area contributed by atoms with Crippen LogP contribution in [0.3, 0.4) is 0 Å². The van der Waals surface area contributed by atoms with Gasteiger partial charge in [-0.1, -0.05) is 0 Å². The molecule has 1 aromatic rings. The van der Waals surface area contributed by atoms with Crippen molar-refractivity contribution in [2.45, 2.75) is 18.9 Å². The minimum atomic E-state index is -0.522. The van der Waals surface area contributed by atoms with Crippen molar-refractivity contribution in [2.75, 3.05) is 20.1 Å². The number of nitrogens with zero attached hydrogens (tertiary/aromatic N) is 2. The molecule has 2 rings (SSSR count). The van der Waals surface area contributed by atoms with E-state index in [1.54, 1.807) is 11.9 Å². The molecule has 18 heavy (non-hydrogen) atoms. The number of nitrogens with one attached hydrogen (secondary N) is 2. The number of likely N-dealkylation sites (N-methyl/N-ethyl adjacent to an activating group) is 1. The van der Waals surface area contributed by atoms with Gasteiger partial charge in [0.25, 0.3) is 11.6 Å². The van der Waals surface area contributed by atoms with E-state index in [0.29, 0.717) is 12.6 Å². The summed E-state index contributed by atoms with van der Waals surface area (Å²) < 4.78 is 0. The van der Waals surface area contributed by atoms with E-state index in [9.17, 15) is 14.9 Å². The van der Waals surface area contributed by atoms with Crippen LogP contribution in [0.2, 0.25) is 0 Å². The topological polar surface area (TPSA) is 91.3 Å². The lowest BCUT2D eigenvalue weighted by molar-refractivity contribution is -0.384. The highest BCUT2D eigenvalue weighted by Gasteiger charge is 2.21. The van der Waals surface area contributed by atoms with E-state index in [0.717, 1.165) is 19.4 Å². The number of amides is 1. The molecule has 98 valence electrons. The summed E-state index contributed by atoms with van der Waals surface area (Å²) in [4.78, 5) is 26.2. The van der Waals surface area contributed by atoms with Gasteiger partial charge in [0.2, 0.25) is 0 Å². The van der Waals surface area contributed by atoms with Crippen molar-refractivity contribution in [3.63, 3.8) is 0 Å². The second-order valence-corrected chi connectivity index (χ2v) is 4.51. The largest absolute Gasteiger partial charge is 0.351 e. The molecular formula is C11H16N4O3. The fraction of sp³-hybridized carbons (Fsp3) is 0.545. The fourth-order valence-corrected chi connectivity index (χ4v) is 2.14. The zero-order chi connectivity index (χ0) is 13.1. The van der Waals surface area contributed by atoms with Gasteiger partial charge in [0.1, 0.15) is 5.69 Å². The average molecular weight is 252 g/mol. The third-order valence-electron chi connectivity index (χ3n) is 3.11. The summed E-state index contributed by atoms with van der Waals surface area (Å²) in [5, 5.41) is 13.8. The molecule has 2 heterocycles. The van der Waals surface area contributed by atoms with Crippen LogP contribution in [0.25, 0.3) is 0 Å². The van der Waals surface area contributed by atoms with Crippen LogP contribution in [-0.4, -0.2) is 46.9 Å². The molecule has 1 saturated heterocycles. The fourth-order valence-electron chi connectivity index (χ4n) is 2.14. The van der Waals surface area contributed by atoms with E-state index in [1.807, 2.05) is 0 Å². The maximum absolute atomic E-state index is 12.0. The zero-order valence-electron chi connectivity index (χ0n) is 10.2. The predicted octanol–water partition coefficient (Wildman–Crippen LogP) is 0.747. The van der Waals surface area contributed by atoms with Crippen molar-refractivity contribution >= 4 is 11.6 Å². The third-order valence-corrected chi connectivity index (χ3v) is 3.11. The van der Waals surface area contributed by atoms with Crippen LogP contribution in [0.4, 0.5) is 5.69 Å². The monoisotopic (exact) mass is 252 g/mol. The van der Waals surface area contributed by atoms with Crippen LogP contribution >= 0.6 is 0 Å². The number of hydrogen-bond donors (Lipinski definition) is 2. The predicted molar refractivity (Wildman–Crippen MR) is 65.4 cm³/mol. The van der Waals surface area contributed by atoms with Gasteiger partial charge in [0.15, 0.2) is 0 Å². The number of rotatable bonds is 4. The van der Waals surface area contributed by atoms with Crippen LogP contribution in [-0.2, 0) is 0 Å². The first-order valence-corrected chi connectivity index (χ1v) is 5.89. The Balaban J connectivity index is 1.98. The Kier molecular flexibility index (Phi) is 3.61. The molecule has 0 spiro atoms. The van der Waals surface area contributed by atoms with Gasteiger partial charge in [-0.2, -0.15) is 0 Å². The summed E-state index contributed by atoms with van der Waals surface area (Å²) in [6.07, 6.45) is 3.41. The minimum Gasteiger partial charge on any atom is -0.351 e. The molecule has 1 amide bonds. The highest BCUT2D eigenvalue weighted by atomic mass is 16.6. The average Bonchev–Trinajstić information content (AvgIpc) is 2.98. The molecule has 1 atom stereocenters. The Morgan fingerprint density at radius 1 is 1.67 bits per heavy atom. The summed E-state index contributed by atoms with van der Waals surface area (Å²) in [5.74, 6) is -0.225. The molecule has 2 N–H and O–H groups in total. The molecule has 1 aromatic heterocycles. The summed E-state index contributed by atoms with van der Waals surface area (Å²) in [6.45, 7) is 1.60. The van der Waals surface area contributed by atoms with Gasteiger partial charge in [-0.05, 0) is 19.4 Å². The summed E-state index contributed by atoms with van der Waals surface area (Å²) in [6, 6.07) is 1.59. The number of carbonyl (C=O) groups excluding carboxylic acids is 1. The summed E-state index contributed by atoms with van der Waals surface area (Å²) >= 11 is 0. The molecule has 7 heteroatoms. The van der Waals surface area contributed by atoms with Gasteiger partial charge < -0.3 is 15.2 Å². The van der Waals surface area contributed by atoms with Crippen molar-refractivity contribution in [1.29, 1.82) is 0 Å². The molecule has 0 aromatic carbocycles. The number of hydrogen-bond acceptors (Lipinski definition) is 4. The van der Waals surface area contributed by atoms with E-state index in [-0.39, 0.29) is 17.3 Å². The maximum Gasteiger partial charge on any atom is 0.287 e. The smallest absolute Gasteiger partial charge is 0.287 e. The first-order chi connectivity index (χ1) is 8.58. The Morgan fingerprint density at radius 2 is 2.44 bits per heavy atom. The van der Waals surface area contributed by atoms with Crippen molar-refractivity contribution in [3.05, 3.63) is 28.1 Å². The van der Waals surface area contributed by atoms with Crippen LogP contribution in [0.1, 0.15) is 23.3 Å². The first-order valence-electron chi connectivity index (χ1n) is 5.89. The van der Waals surface area contributed by atoms with E-state index >= 15 is 0 Å². The molecule has 0 saturated carbocycles. The Bertz CT molecular complexity index is 451. The van der Waals surface area contributed by atoms with Crippen LogP contribution in [0.15, 0.2) is 12.3 Å². The van der Waals surface area contributed by atoms with E-state index in [1.165, 1.54) is 12.3 Å². The first kappa shape index (κ1) is 12.6. The standard InChI is InChI=1S/C11H16N4O3/c1-14(7-8-3-2-4-12-8)11(16)10-5-9(6-13-10)15(17)18/h5-6,8,12-13H,2-4,7H2,1H3. The van der Waals surface area contributed by atoms with Gasteiger partial charge in [-0.3, -0.25) is 14.9 Å². The zero-order valence-corrected chi connectivity index (χ0v) is 10.2. The molecule has 1 unspecified atom stereocenters. The molecule has 0 aliphatic carbocycles. The second-order valence-electron chi connectivity index (χ2n) is 4.51. The molecular weight excluding hydrogens is 236 g/mol. The molecule has 1 aliphatic rings. The van der Waals surface area contributed by atoms with E-state index in [4.69, 9.17) is 0 Å². The molecule has 7 nitrogen and oxygen atoms in total. The highest BCUT2D eigenvalue weighted by molar-refractivity contribution is 5.93. The lowest BCUT2D eigenvalue weighted by atomic mass is 10.2. The van der Waals surface area contributed by atoms with Gasteiger partial charge in [-0.25, -0.2) is 0 Å². The van der Waals surface area contributed by atoms with Crippen molar-refractivity contribution < 1.29 is 9.72 Å². The quantitative estimate of drug-likeness (QED) is 0.611. The molecule has 1 aliphatic heterocycles. The molecule has 1 fully saturated rings. The number of aromatic nitrogens is 1. The van der Waals surface area contributed by atoms with Crippen LogP contribution < -0.4 is 5.32 Å². The van der Waals surface area contributed by atoms with Crippen molar-refractivity contribution in [3.8, 4) is 0 Å². The van der Waals surface area contributed by atoms with E-state index < -0.39 is 4.92 Å². The Morgan fingerprint density at radius 3 is 3.00 bits per heavy atom. The van der Waals surface area contributed by atoms with Gasteiger partial charge in [-0.15, -0.1) is 0 Å². The molecule has 0 bridgehead atoms. The SMILES string of the molecule is CN(CC1CCCN1)C(=O)c1cc([N+](=O)[O-])c[nH]1. The highest BCUT2D eigenvalue weighted by Crippen LogP contribution is 2.14. The number of H-pyrrole nitrogens is 1. The lowest BCUT2D eigenvalue weighted by Crippen LogP contribution is -2.38. The second kappa shape index (κ2) is 5.18. The van der Waals surface area contributed by atoms with Crippen LogP contribution in [0.5, 0.6) is 0 Å². The third kappa shape index (κ3) is 2.67. The van der Waals surface area contributed by atoms with Gasteiger partial charge >= 0.3 is 0 Å². The molecule has 0 radical (unpaired) electrons. The summed E-state index contributed by atoms with van der Waals surface area (Å²) in [7, 11) is 1.70. The minimum absolute atomic E-state index is 0.0919. The lowest BCUT2D eigenvalue weighted by Gasteiger charge is -2.20.